The molecule has 0 aromatic heterocycles. The van der Waals surface area contributed by atoms with Crippen molar-refractivity contribution in [2.45, 2.75) is 99.6 Å². The summed E-state index contributed by atoms with van der Waals surface area (Å²) in [5.74, 6) is -1.32. The van der Waals surface area contributed by atoms with E-state index < -0.39 is 124 Å². The summed E-state index contributed by atoms with van der Waals surface area (Å²) in [5, 5.41) is 106. The van der Waals surface area contributed by atoms with Gasteiger partial charge in [0.15, 0.2) is 12.6 Å². The molecule has 2 aliphatic heterocycles. The maximum atomic E-state index is 11.7. The normalized spacial score (nSPS) is 37.7. The molecule has 14 atom stereocenters. The van der Waals surface area contributed by atoms with Gasteiger partial charge in [-0.3, -0.25) is 9.59 Å². The van der Waals surface area contributed by atoms with Gasteiger partial charge in [0.1, 0.15) is 67.1 Å². The molecule has 18 heteroatoms. The highest BCUT2D eigenvalue weighted by atomic mass is 16.7. The van der Waals surface area contributed by atoms with E-state index >= 15 is 0 Å². The molecule has 2 amide bonds. The van der Waals surface area contributed by atoms with Gasteiger partial charge in [-0.2, -0.15) is 0 Å². The van der Waals surface area contributed by atoms with Crippen LogP contribution in [0.2, 0.25) is 0 Å². The van der Waals surface area contributed by atoms with E-state index in [2.05, 4.69) is 10.6 Å². The predicted octanol–water partition coefficient (Wildman–Crippen LogP) is -7.65. The molecule has 2 fully saturated rings. The van der Waals surface area contributed by atoms with Gasteiger partial charge < -0.3 is 80.6 Å². The molecule has 2 rings (SSSR count). The zero-order chi connectivity index (χ0) is 30.3. The standard InChI is InChI=1S/C22H40N2O16/c1-7(28)23-9(3-25)20(40-22-19(36)18(35)16(33)12(5-27)39-22)14(31)10(30)6-37-21-13(24-8(2)29)17(34)15(32)11(4-26)38-21/h9-22,25-27,30-36H,3-6H2,1-2H3,(H,23,28)(H,24,29). The monoisotopic (exact) mass is 588 g/mol. The Hall–Kier alpha value is -1.62. The average molecular weight is 589 g/mol. The first-order valence-electron chi connectivity index (χ1n) is 12.5. The Kier molecular flexibility index (Phi) is 13.5. The van der Waals surface area contributed by atoms with Crippen LogP contribution in [0.1, 0.15) is 13.8 Å². The molecule has 40 heavy (non-hydrogen) atoms. The smallest absolute Gasteiger partial charge is 0.217 e. The quantitative estimate of drug-likeness (QED) is 0.0950. The maximum Gasteiger partial charge on any atom is 0.217 e. The minimum Gasteiger partial charge on any atom is -0.394 e. The fourth-order valence-electron chi connectivity index (χ4n) is 4.36. The van der Waals surface area contributed by atoms with Crippen LogP contribution in [0.5, 0.6) is 0 Å². The lowest BCUT2D eigenvalue weighted by atomic mass is 9.96. The van der Waals surface area contributed by atoms with Crippen molar-refractivity contribution in [3.8, 4) is 0 Å². The van der Waals surface area contributed by atoms with E-state index in [1.807, 2.05) is 0 Å². The SMILES string of the molecule is CC(=O)NC(CO)C(OC1OC(CO)C(O)C(O)C1O)C(O)C(O)COC1OC(CO)C(O)C(O)C1NC(C)=O. The molecule has 0 spiro atoms. The molecule has 2 aliphatic rings. The molecule has 0 saturated carbocycles. The largest absolute Gasteiger partial charge is 0.394 e. The summed E-state index contributed by atoms with van der Waals surface area (Å²) in [6, 6.07) is -2.78. The third-order valence-electron chi connectivity index (χ3n) is 6.53. The Bertz CT molecular complexity index is 807. The number of carbonyl (C=O) groups excluding carboxylic acids is 2. The molecule has 14 unspecified atom stereocenters. The van der Waals surface area contributed by atoms with Crippen LogP contribution in [-0.4, -0.2) is 175 Å². The lowest BCUT2D eigenvalue weighted by Gasteiger charge is -2.43. The lowest BCUT2D eigenvalue weighted by Crippen LogP contribution is -2.65. The summed E-state index contributed by atoms with van der Waals surface area (Å²) >= 11 is 0. The predicted molar refractivity (Wildman–Crippen MR) is 127 cm³/mol. The van der Waals surface area contributed by atoms with Crippen molar-refractivity contribution in [2.75, 3.05) is 26.4 Å². The number of nitrogens with one attached hydrogen (secondary N) is 2. The van der Waals surface area contributed by atoms with Crippen molar-refractivity contribution in [3.05, 3.63) is 0 Å². The summed E-state index contributed by atoms with van der Waals surface area (Å²) < 4.78 is 21.6. The zero-order valence-corrected chi connectivity index (χ0v) is 21.8. The third-order valence-corrected chi connectivity index (χ3v) is 6.53. The third kappa shape index (κ3) is 8.46. The Labute approximate surface area is 228 Å². The van der Waals surface area contributed by atoms with Crippen LogP contribution in [0.4, 0.5) is 0 Å². The van der Waals surface area contributed by atoms with Crippen molar-refractivity contribution in [1.82, 2.24) is 10.6 Å². The van der Waals surface area contributed by atoms with Crippen molar-refractivity contribution < 1.29 is 79.6 Å². The summed E-state index contributed by atoms with van der Waals surface area (Å²) in [5.41, 5.74) is 0. The van der Waals surface area contributed by atoms with E-state index in [-0.39, 0.29) is 0 Å². The molecule has 18 nitrogen and oxygen atoms in total. The van der Waals surface area contributed by atoms with Crippen LogP contribution in [0, 0.1) is 0 Å². The van der Waals surface area contributed by atoms with Gasteiger partial charge in [-0.25, -0.2) is 0 Å². The highest BCUT2D eigenvalue weighted by Crippen LogP contribution is 2.26. The fraction of sp³-hybridized carbons (Fsp3) is 0.909. The number of amides is 2. The second-order valence-corrected chi connectivity index (χ2v) is 9.61. The van der Waals surface area contributed by atoms with E-state index in [1.165, 1.54) is 0 Å². The lowest BCUT2D eigenvalue weighted by molar-refractivity contribution is -0.323. The molecule has 12 N–H and O–H groups in total. The summed E-state index contributed by atoms with van der Waals surface area (Å²) in [6.07, 6.45) is -20.5. The average Bonchev–Trinajstić information content (AvgIpc) is 2.91. The number of aliphatic hydroxyl groups is 10. The fourth-order valence-corrected chi connectivity index (χ4v) is 4.36. The van der Waals surface area contributed by atoms with Crippen LogP contribution in [0.3, 0.4) is 0 Å². The molecule has 0 aliphatic carbocycles. The second kappa shape index (κ2) is 15.6. The van der Waals surface area contributed by atoms with Gasteiger partial charge in [-0.15, -0.1) is 0 Å². The number of rotatable bonds is 13. The maximum absolute atomic E-state index is 11.7. The van der Waals surface area contributed by atoms with Gasteiger partial charge in [-0.1, -0.05) is 0 Å². The number of hydrogen-bond donors (Lipinski definition) is 12. The van der Waals surface area contributed by atoms with Gasteiger partial charge >= 0.3 is 0 Å². The first-order chi connectivity index (χ1) is 18.8. The van der Waals surface area contributed by atoms with E-state index in [9.17, 15) is 60.7 Å². The van der Waals surface area contributed by atoms with Crippen LogP contribution in [-0.2, 0) is 28.5 Å². The van der Waals surface area contributed by atoms with Crippen LogP contribution < -0.4 is 10.6 Å². The van der Waals surface area contributed by atoms with Gasteiger partial charge in [0.05, 0.1) is 32.5 Å². The molecule has 0 bridgehead atoms. The molecular formula is C22H40N2O16. The molecule has 234 valence electrons. The first kappa shape index (κ1) is 34.6. The van der Waals surface area contributed by atoms with E-state index in [0.29, 0.717) is 0 Å². The summed E-state index contributed by atoms with van der Waals surface area (Å²) in [4.78, 5) is 23.3. The Balaban J connectivity index is 2.22. The molecule has 0 radical (unpaired) electrons. The number of carbonyl (C=O) groups is 2. The Morgan fingerprint density at radius 2 is 1.35 bits per heavy atom. The minimum atomic E-state index is -2.02. The molecular weight excluding hydrogens is 548 g/mol. The Morgan fingerprint density at radius 1 is 0.800 bits per heavy atom. The molecule has 0 aromatic carbocycles. The molecule has 0 aromatic rings. The van der Waals surface area contributed by atoms with Crippen LogP contribution >= 0.6 is 0 Å². The number of hydrogen-bond acceptors (Lipinski definition) is 16. The van der Waals surface area contributed by atoms with Gasteiger partial charge in [-0.05, 0) is 0 Å². The van der Waals surface area contributed by atoms with E-state index in [1.54, 1.807) is 0 Å². The summed E-state index contributed by atoms with van der Waals surface area (Å²) in [7, 11) is 0. The second-order valence-electron chi connectivity index (χ2n) is 9.61. The van der Waals surface area contributed by atoms with Crippen LogP contribution in [0.15, 0.2) is 0 Å². The van der Waals surface area contributed by atoms with Gasteiger partial charge in [0.2, 0.25) is 11.8 Å². The van der Waals surface area contributed by atoms with E-state index in [4.69, 9.17) is 18.9 Å². The van der Waals surface area contributed by atoms with Crippen LogP contribution in [0.25, 0.3) is 0 Å². The number of aliphatic hydroxyl groups excluding tert-OH is 10. The van der Waals surface area contributed by atoms with Crippen molar-refractivity contribution in [3.63, 3.8) is 0 Å². The van der Waals surface area contributed by atoms with Crippen molar-refractivity contribution >= 4 is 11.8 Å². The summed E-state index contributed by atoms with van der Waals surface area (Å²) in [6.45, 7) is -0.985. The Morgan fingerprint density at radius 3 is 1.85 bits per heavy atom. The number of ether oxygens (including phenoxy) is 4. The highest BCUT2D eigenvalue weighted by molar-refractivity contribution is 5.73. The van der Waals surface area contributed by atoms with Crippen molar-refractivity contribution in [1.29, 1.82) is 0 Å². The van der Waals surface area contributed by atoms with E-state index in [0.717, 1.165) is 13.8 Å². The highest BCUT2D eigenvalue weighted by Gasteiger charge is 2.48. The minimum absolute atomic E-state index is 0.634. The molecule has 2 saturated heterocycles. The topological polar surface area (TPSA) is 297 Å². The molecule has 2 heterocycles. The zero-order valence-electron chi connectivity index (χ0n) is 21.8. The first-order valence-corrected chi connectivity index (χ1v) is 12.5. The van der Waals surface area contributed by atoms with Crippen molar-refractivity contribution in [2.24, 2.45) is 0 Å². The van der Waals surface area contributed by atoms with Gasteiger partial charge in [0.25, 0.3) is 0 Å². The van der Waals surface area contributed by atoms with Gasteiger partial charge in [0, 0.05) is 13.8 Å².